The van der Waals surface area contributed by atoms with E-state index in [1.54, 1.807) is 25.3 Å². The Hall–Kier alpha value is -2.60. The second-order valence-electron chi connectivity index (χ2n) is 4.06. The number of hydrogen-bond acceptors (Lipinski definition) is 4. The average Bonchev–Trinajstić information content (AvgIpc) is 2.89. The van der Waals surface area contributed by atoms with Crippen molar-refractivity contribution >= 4 is 17.6 Å². The van der Waals surface area contributed by atoms with Gasteiger partial charge in [0.05, 0.1) is 6.61 Å². The maximum atomic E-state index is 11.9. The Morgan fingerprint density at radius 2 is 2.00 bits per heavy atom. The molecule has 0 bridgehead atoms. The molecule has 0 aliphatic heterocycles. The highest BCUT2D eigenvalue weighted by Gasteiger charge is 2.15. The third-order valence-corrected chi connectivity index (χ3v) is 2.54. The van der Waals surface area contributed by atoms with Gasteiger partial charge in [-0.1, -0.05) is 12.1 Å². The SMILES string of the molecule is COCc1cccc(NC(=O)c2ccc(C(=O)O)o2)c1. The van der Waals surface area contributed by atoms with E-state index in [2.05, 4.69) is 5.32 Å². The zero-order chi connectivity index (χ0) is 14.5. The Morgan fingerprint density at radius 1 is 1.25 bits per heavy atom. The van der Waals surface area contributed by atoms with E-state index in [1.165, 1.54) is 12.1 Å². The van der Waals surface area contributed by atoms with Crippen LogP contribution < -0.4 is 5.32 Å². The van der Waals surface area contributed by atoms with Gasteiger partial charge in [-0.2, -0.15) is 0 Å². The first-order valence-electron chi connectivity index (χ1n) is 5.82. The largest absolute Gasteiger partial charge is 0.475 e. The summed E-state index contributed by atoms with van der Waals surface area (Å²) in [4.78, 5) is 22.6. The third kappa shape index (κ3) is 3.24. The highest BCUT2D eigenvalue weighted by atomic mass is 16.5. The van der Waals surface area contributed by atoms with Crippen molar-refractivity contribution in [3.8, 4) is 0 Å². The number of carbonyl (C=O) groups is 2. The van der Waals surface area contributed by atoms with E-state index < -0.39 is 11.9 Å². The van der Waals surface area contributed by atoms with Gasteiger partial charge in [0.1, 0.15) is 0 Å². The summed E-state index contributed by atoms with van der Waals surface area (Å²) in [6.45, 7) is 0.438. The summed E-state index contributed by atoms with van der Waals surface area (Å²) in [5, 5.41) is 11.4. The molecule has 0 aliphatic carbocycles. The number of hydrogen-bond donors (Lipinski definition) is 2. The number of amides is 1. The van der Waals surface area contributed by atoms with Crippen molar-refractivity contribution in [3.05, 3.63) is 53.5 Å². The van der Waals surface area contributed by atoms with Gasteiger partial charge in [0, 0.05) is 12.8 Å². The molecule has 1 aromatic heterocycles. The Kier molecular flexibility index (Phi) is 4.17. The fourth-order valence-corrected chi connectivity index (χ4v) is 1.67. The summed E-state index contributed by atoms with van der Waals surface area (Å²) >= 11 is 0. The lowest BCUT2D eigenvalue weighted by molar-refractivity contribution is 0.0660. The van der Waals surface area contributed by atoms with Crippen LogP contribution in [0, 0.1) is 0 Å². The standard InChI is InChI=1S/C14H13NO5/c1-19-8-9-3-2-4-10(7-9)15-13(16)11-5-6-12(20-11)14(17)18/h2-7H,8H2,1H3,(H,15,16)(H,17,18). The topological polar surface area (TPSA) is 88.8 Å². The fourth-order valence-electron chi connectivity index (χ4n) is 1.67. The number of furan rings is 1. The number of ether oxygens (including phenoxy) is 1. The lowest BCUT2D eigenvalue weighted by Crippen LogP contribution is -2.11. The van der Waals surface area contributed by atoms with Crippen LogP contribution in [-0.4, -0.2) is 24.1 Å². The highest BCUT2D eigenvalue weighted by Crippen LogP contribution is 2.14. The summed E-state index contributed by atoms with van der Waals surface area (Å²) in [6.07, 6.45) is 0. The highest BCUT2D eigenvalue weighted by molar-refractivity contribution is 6.02. The van der Waals surface area contributed by atoms with Crippen molar-refractivity contribution in [2.45, 2.75) is 6.61 Å². The van der Waals surface area contributed by atoms with E-state index in [0.29, 0.717) is 12.3 Å². The first-order chi connectivity index (χ1) is 9.60. The first-order valence-corrected chi connectivity index (χ1v) is 5.82. The molecule has 0 saturated heterocycles. The summed E-state index contributed by atoms with van der Waals surface area (Å²) in [6, 6.07) is 9.69. The number of benzene rings is 1. The number of carboxylic acids is 1. The third-order valence-electron chi connectivity index (χ3n) is 2.54. The van der Waals surface area contributed by atoms with Gasteiger partial charge in [-0.3, -0.25) is 4.79 Å². The van der Waals surface area contributed by atoms with Crippen molar-refractivity contribution in [1.82, 2.24) is 0 Å². The molecule has 1 aromatic carbocycles. The minimum absolute atomic E-state index is 0.0560. The first kappa shape index (κ1) is 13.8. The van der Waals surface area contributed by atoms with Crippen LogP contribution in [0.2, 0.25) is 0 Å². The van der Waals surface area contributed by atoms with E-state index >= 15 is 0 Å². The molecule has 0 aliphatic rings. The lowest BCUT2D eigenvalue weighted by atomic mass is 10.2. The molecular weight excluding hydrogens is 262 g/mol. The Bertz CT molecular complexity index is 632. The second kappa shape index (κ2) is 6.03. The molecule has 2 rings (SSSR count). The van der Waals surface area contributed by atoms with Crippen LogP contribution in [0.3, 0.4) is 0 Å². The number of nitrogens with one attached hydrogen (secondary N) is 1. The van der Waals surface area contributed by atoms with E-state index in [-0.39, 0.29) is 11.5 Å². The maximum Gasteiger partial charge on any atom is 0.371 e. The number of anilines is 1. The van der Waals surface area contributed by atoms with Crippen molar-refractivity contribution in [3.63, 3.8) is 0 Å². The molecule has 0 unspecified atom stereocenters. The minimum atomic E-state index is -1.22. The molecular formula is C14H13NO5. The molecule has 0 spiro atoms. The van der Waals surface area contributed by atoms with Crippen LogP contribution in [0.4, 0.5) is 5.69 Å². The minimum Gasteiger partial charge on any atom is -0.475 e. The van der Waals surface area contributed by atoms with Gasteiger partial charge in [0.15, 0.2) is 5.76 Å². The summed E-state index contributed by atoms with van der Waals surface area (Å²) in [5.41, 5.74) is 1.49. The Balaban J connectivity index is 2.10. The van der Waals surface area contributed by atoms with Crippen molar-refractivity contribution in [2.75, 3.05) is 12.4 Å². The van der Waals surface area contributed by atoms with Gasteiger partial charge >= 0.3 is 5.97 Å². The second-order valence-corrected chi connectivity index (χ2v) is 4.06. The molecule has 2 N–H and O–H groups in total. The van der Waals surface area contributed by atoms with Crippen LogP contribution in [0.5, 0.6) is 0 Å². The molecule has 0 saturated carbocycles. The quantitative estimate of drug-likeness (QED) is 0.874. The fraction of sp³-hybridized carbons (Fsp3) is 0.143. The van der Waals surface area contributed by atoms with Crippen molar-refractivity contribution in [2.24, 2.45) is 0 Å². The predicted octanol–water partition coefficient (Wildman–Crippen LogP) is 2.38. The van der Waals surface area contributed by atoms with Crippen LogP contribution in [0.25, 0.3) is 0 Å². The average molecular weight is 275 g/mol. The zero-order valence-electron chi connectivity index (χ0n) is 10.8. The van der Waals surface area contributed by atoms with Crippen molar-refractivity contribution < 1.29 is 23.8 Å². The van der Waals surface area contributed by atoms with Crippen LogP contribution in [0.15, 0.2) is 40.8 Å². The number of methoxy groups -OCH3 is 1. The molecule has 6 heteroatoms. The number of aromatic carboxylic acids is 1. The van der Waals surface area contributed by atoms with E-state index in [4.69, 9.17) is 14.3 Å². The lowest BCUT2D eigenvalue weighted by Gasteiger charge is -2.05. The number of carbonyl (C=O) groups excluding carboxylic acids is 1. The van der Waals surface area contributed by atoms with Gasteiger partial charge in [-0.05, 0) is 29.8 Å². The van der Waals surface area contributed by atoms with Crippen LogP contribution in [-0.2, 0) is 11.3 Å². The molecule has 104 valence electrons. The molecule has 0 fully saturated rings. The van der Waals surface area contributed by atoms with E-state index in [1.807, 2.05) is 6.07 Å². The van der Waals surface area contributed by atoms with E-state index in [9.17, 15) is 9.59 Å². The van der Waals surface area contributed by atoms with Gasteiger partial charge < -0.3 is 19.6 Å². The zero-order valence-corrected chi connectivity index (χ0v) is 10.8. The summed E-state index contributed by atoms with van der Waals surface area (Å²) < 4.78 is 9.93. The predicted molar refractivity (Wildman–Crippen MR) is 70.8 cm³/mol. The molecule has 1 heterocycles. The number of rotatable bonds is 5. The van der Waals surface area contributed by atoms with Crippen LogP contribution >= 0.6 is 0 Å². The molecule has 20 heavy (non-hydrogen) atoms. The van der Waals surface area contributed by atoms with Gasteiger partial charge in [0.25, 0.3) is 5.91 Å². The molecule has 0 atom stereocenters. The van der Waals surface area contributed by atoms with Crippen LogP contribution in [0.1, 0.15) is 26.7 Å². The number of carboxylic acid groups (broad SMARTS) is 1. The van der Waals surface area contributed by atoms with Gasteiger partial charge in [-0.15, -0.1) is 0 Å². The van der Waals surface area contributed by atoms with Gasteiger partial charge in [0.2, 0.25) is 5.76 Å². The Morgan fingerprint density at radius 3 is 2.65 bits per heavy atom. The smallest absolute Gasteiger partial charge is 0.371 e. The summed E-state index contributed by atoms with van der Waals surface area (Å²) in [5.74, 6) is -2.05. The van der Waals surface area contributed by atoms with E-state index in [0.717, 1.165) is 5.56 Å². The normalized spacial score (nSPS) is 10.2. The Labute approximate surface area is 115 Å². The molecule has 2 aromatic rings. The molecule has 6 nitrogen and oxygen atoms in total. The van der Waals surface area contributed by atoms with Gasteiger partial charge in [-0.25, -0.2) is 4.79 Å². The maximum absolute atomic E-state index is 11.9. The summed E-state index contributed by atoms with van der Waals surface area (Å²) in [7, 11) is 1.58. The monoisotopic (exact) mass is 275 g/mol. The van der Waals surface area contributed by atoms with Crippen molar-refractivity contribution in [1.29, 1.82) is 0 Å². The molecule has 1 amide bonds. The molecule has 0 radical (unpaired) electrons.